The van der Waals surface area contributed by atoms with E-state index in [1.165, 1.54) is 13.2 Å². The molecule has 0 saturated carbocycles. The van der Waals surface area contributed by atoms with Gasteiger partial charge in [-0.25, -0.2) is 13.6 Å². The number of carbonyl (C=O) groups is 2. The number of benzene rings is 1. The lowest BCUT2D eigenvalue weighted by atomic mass is 10.1. The van der Waals surface area contributed by atoms with Gasteiger partial charge >= 0.3 is 5.97 Å². The van der Waals surface area contributed by atoms with Crippen LogP contribution in [0.25, 0.3) is 0 Å². The quantitative estimate of drug-likeness (QED) is 0.786. The van der Waals surface area contributed by atoms with Crippen LogP contribution in [-0.4, -0.2) is 25.0 Å². The Kier molecular flexibility index (Phi) is 6.78. The van der Waals surface area contributed by atoms with E-state index in [1.807, 2.05) is 6.92 Å². The van der Waals surface area contributed by atoms with Gasteiger partial charge in [-0.3, -0.25) is 4.79 Å². The van der Waals surface area contributed by atoms with Crippen molar-refractivity contribution >= 4 is 11.9 Å². The van der Waals surface area contributed by atoms with Crippen molar-refractivity contribution in [1.29, 1.82) is 0 Å². The van der Waals surface area contributed by atoms with Crippen molar-refractivity contribution in [2.24, 2.45) is 0 Å². The second kappa shape index (κ2) is 8.34. The maximum Gasteiger partial charge on any atom is 0.328 e. The Labute approximate surface area is 122 Å². The topological polar surface area (TPSA) is 55.4 Å². The van der Waals surface area contributed by atoms with Crippen molar-refractivity contribution in [3.63, 3.8) is 0 Å². The Morgan fingerprint density at radius 2 is 2.00 bits per heavy atom. The van der Waals surface area contributed by atoms with Gasteiger partial charge in [0.25, 0.3) is 0 Å². The van der Waals surface area contributed by atoms with E-state index in [1.54, 1.807) is 0 Å². The third-order valence-corrected chi connectivity index (χ3v) is 3.02. The number of unbranched alkanes of at least 4 members (excludes halogenated alkanes) is 1. The van der Waals surface area contributed by atoms with Crippen LogP contribution in [-0.2, 0) is 20.7 Å². The molecule has 0 radical (unpaired) electrons. The van der Waals surface area contributed by atoms with Crippen molar-refractivity contribution < 1.29 is 23.1 Å². The molecule has 1 N–H and O–H groups in total. The second-order valence-corrected chi connectivity index (χ2v) is 4.71. The lowest BCUT2D eigenvalue weighted by Crippen LogP contribution is -2.42. The zero-order valence-corrected chi connectivity index (χ0v) is 12.1. The summed E-state index contributed by atoms with van der Waals surface area (Å²) in [7, 11) is 1.25. The molecule has 0 saturated heterocycles. The summed E-state index contributed by atoms with van der Waals surface area (Å²) in [6.07, 6.45) is 2.00. The number of esters is 1. The van der Waals surface area contributed by atoms with Gasteiger partial charge < -0.3 is 10.1 Å². The van der Waals surface area contributed by atoms with Crippen LogP contribution in [0.4, 0.5) is 8.78 Å². The van der Waals surface area contributed by atoms with Crippen LogP contribution in [0.5, 0.6) is 0 Å². The maximum atomic E-state index is 13.1. The van der Waals surface area contributed by atoms with E-state index >= 15 is 0 Å². The first-order chi connectivity index (χ1) is 9.97. The van der Waals surface area contributed by atoms with Crippen molar-refractivity contribution in [2.75, 3.05) is 7.11 Å². The molecule has 0 aliphatic rings. The monoisotopic (exact) mass is 299 g/mol. The van der Waals surface area contributed by atoms with Crippen LogP contribution in [0.2, 0.25) is 0 Å². The minimum absolute atomic E-state index is 0.128. The first-order valence-corrected chi connectivity index (χ1v) is 6.79. The van der Waals surface area contributed by atoms with Gasteiger partial charge in [-0.15, -0.1) is 0 Å². The number of halogens is 2. The number of hydrogen-bond acceptors (Lipinski definition) is 3. The molecule has 0 unspecified atom stereocenters. The molecular weight excluding hydrogens is 280 g/mol. The van der Waals surface area contributed by atoms with Gasteiger partial charge in [-0.2, -0.15) is 0 Å². The Morgan fingerprint density at radius 3 is 2.57 bits per heavy atom. The Bertz CT molecular complexity index is 506. The minimum atomic E-state index is -1.00. The summed E-state index contributed by atoms with van der Waals surface area (Å²) in [5.41, 5.74) is 0.338. The summed E-state index contributed by atoms with van der Waals surface area (Å²) in [5, 5.41) is 2.56. The van der Waals surface area contributed by atoms with E-state index in [4.69, 9.17) is 0 Å². The summed E-state index contributed by atoms with van der Waals surface area (Å²) in [4.78, 5) is 23.4. The van der Waals surface area contributed by atoms with Crippen molar-refractivity contribution in [2.45, 2.75) is 38.6 Å². The largest absolute Gasteiger partial charge is 0.467 e. The lowest BCUT2D eigenvalue weighted by molar-refractivity contribution is -0.145. The average Bonchev–Trinajstić information content (AvgIpc) is 2.46. The van der Waals surface area contributed by atoms with Gasteiger partial charge in [0.15, 0.2) is 11.6 Å². The molecule has 21 heavy (non-hydrogen) atoms. The van der Waals surface area contributed by atoms with Crippen LogP contribution < -0.4 is 5.32 Å². The number of rotatable bonds is 7. The molecule has 1 amide bonds. The molecular formula is C15H19F2NO3. The second-order valence-electron chi connectivity index (χ2n) is 4.71. The van der Waals surface area contributed by atoms with Gasteiger partial charge in [-0.1, -0.05) is 25.8 Å². The Hall–Kier alpha value is -1.98. The molecule has 0 heterocycles. The SMILES string of the molecule is CCCC[C@@H](NC(=O)Cc1ccc(F)c(F)c1)C(=O)OC. The minimum Gasteiger partial charge on any atom is -0.467 e. The van der Waals surface area contributed by atoms with Gasteiger partial charge in [0.1, 0.15) is 6.04 Å². The van der Waals surface area contributed by atoms with E-state index in [0.29, 0.717) is 12.0 Å². The Balaban J connectivity index is 2.64. The van der Waals surface area contributed by atoms with Gasteiger partial charge in [0.05, 0.1) is 13.5 Å². The summed E-state index contributed by atoms with van der Waals surface area (Å²) in [6.45, 7) is 1.97. The molecule has 1 rings (SSSR count). The molecule has 4 nitrogen and oxygen atoms in total. The normalized spacial score (nSPS) is 11.8. The van der Waals surface area contributed by atoms with E-state index in [-0.39, 0.29) is 6.42 Å². The summed E-state index contributed by atoms with van der Waals surface area (Å²) >= 11 is 0. The summed E-state index contributed by atoms with van der Waals surface area (Å²) in [6, 6.07) is 2.55. The van der Waals surface area contributed by atoms with Gasteiger partial charge in [0, 0.05) is 0 Å². The number of methoxy groups -OCH3 is 1. The molecule has 6 heteroatoms. The molecule has 116 valence electrons. The highest BCUT2D eigenvalue weighted by Crippen LogP contribution is 2.10. The summed E-state index contributed by atoms with van der Waals surface area (Å²) < 4.78 is 30.5. The van der Waals surface area contributed by atoms with Crippen LogP contribution in [0.15, 0.2) is 18.2 Å². The smallest absolute Gasteiger partial charge is 0.328 e. The molecule has 0 aliphatic carbocycles. The maximum absolute atomic E-state index is 13.1. The van der Waals surface area contributed by atoms with E-state index in [9.17, 15) is 18.4 Å². The molecule has 0 fully saturated rings. The van der Waals surface area contributed by atoms with Crippen LogP contribution in [0.3, 0.4) is 0 Å². The van der Waals surface area contributed by atoms with Gasteiger partial charge in [0.2, 0.25) is 5.91 Å². The predicted octanol–water partition coefficient (Wildman–Crippen LogP) is 2.36. The summed E-state index contributed by atoms with van der Waals surface area (Å²) in [5.74, 6) is -2.92. The average molecular weight is 299 g/mol. The van der Waals surface area contributed by atoms with E-state index in [2.05, 4.69) is 10.1 Å². The van der Waals surface area contributed by atoms with Crippen LogP contribution in [0.1, 0.15) is 31.7 Å². The number of amides is 1. The zero-order chi connectivity index (χ0) is 15.8. The number of ether oxygens (including phenoxy) is 1. The molecule has 1 aromatic rings. The third kappa shape index (κ3) is 5.49. The molecule has 1 aromatic carbocycles. The fraction of sp³-hybridized carbons (Fsp3) is 0.467. The number of nitrogens with one attached hydrogen (secondary N) is 1. The number of carbonyl (C=O) groups excluding carboxylic acids is 2. The zero-order valence-electron chi connectivity index (χ0n) is 12.1. The Morgan fingerprint density at radius 1 is 1.29 bits per heavy atom. The van der Waals surface area contributed by atoms with Crippen molar-refractivity contribution in [3.8, 4) is 0 Å². The standard InChI is InChI=1S/C15H19F2NO3/c1-3-4-5-13(15(20)21-2)18-14(19)9-10-6-7-11(16)12(17)8-10/h6-8,13H,3-5,9H2,1-2H3,(H,18,19)/t13-/m1/s1. The molecule has 0 spiro atoms. The van der Waals surface area contributed by atoms with E-state index < -0.39 is 29.6 Å². The molecule has 0 aromatic heterocycles. The fourth-order valence-corrected chi connectivity index (χ4v) is 1.88. The third-order valence-electron chi connectivity index (χ3n) is 3.02. The first kappa shape index (κ1) is 17.1. The fourth-order valence-electron chi connectivity index (χ4n) is 1.88. The van der Waals surface area contributed by atoms with Crippen molar-refractivity contribution in [1.82, 2.24) is 5.32 Å². The van der Waals surface area contributed by atoms with Crippen molar-refractivity contribution in [3.05, 3.63) is 35.4 Å². The van der Waals surface area contributed by atoms with Crippen LogP contribution in [0, 0.1) is 11.6 Å². The highest BCUT2D eigenvalue weighted by molar-refractivity contribution is 5.85. The molecule has 0 aliphatic heterocycles. The highest BCUT2D eigenvalue weighted by Gasteiger charge is 2.21. The molecule has 0 bridgehead atoms. The first-order valence-electron chi connectivity index (χ1n) is 6.79. The van der Waals surface area contributed by atoms with E-state index in [0.717, 1.165) is 25.0 Å². The van der Waals surface area contributed by atoms with Crippen LogP contribution >= 0.6 is 0 Å². The lowest BCUT2D eigenvalue weighted by Gasteiger charge is -2.16. The molecule has 1 atom stereocenters. The van der Waals surface area contributed by atoms with Gasteiger partial charge in [-0.05, 0) is 24.1 Å². The predicted molar refractivity (Wildman–Crippen MR) is 73.5 cm³/mol. The highest BCUT2D eigenvalue weighted by atomic mass is 19.2. The number of hydrogen-bond donors (Lipinski definition) is 1.